The quantitative estimate of drug-likeness (QED) is 0.762. The van der Waals surface area contributed by atoms with Crippen molar-refractivity contribution in [3.63, 3.8) is 0 Å². The van der Waals surface area contributed by atoms with E-state index in [0.717, 1.165) is 6.07 Å². The normalized spacial score (nSPS) is 9.65. The molecule has 17 heavy (non-hydrogen) atoms. The van der Waals surface area contributed by atoms with Crippen LogP contribution in [0.2, 0.25) is 0 Å². The zero-order valence-corrected chi connectivity index (χ0v) is 8.51. The number of carbonyl (C=O) groups excluding carboxylic acids is 1. The van der Waals surface area contributed by atoms with Crippen molar-refractivity contribution < 1.29 is 18.3 Å². The smallest absolute Gasteiger partial charge is 0.290 e. The van der Waals surface area contributed by atoms with Gasteiger partial charge in [-0.25, -0.2) is 4.39 Å². The molecule has 2 rings (SSSR count). The van der Waals surface area contributed by atoms with Gasteiger partial charge in [0.1, 0.15) is 17.4 Å². The van der Waals surface area contributed by atoms with Crippen LogP contribution < -0.4 is 4.74 Å². The van der Waals surface area contributed by atoms with E-state index < -0.39 is 5.82 Å². The van der Waals surface area contributed by atoms with Crippen LogP contribution in [0.15, 0.2) is 34.7 Å². The Morgan fingerprint density at radius 1 is 1.35 bits per heavy atom. The van der Waals surface area contributed by atoms with Crippen LogP contribution in [0.1, 0.15) is 16.1 Å². The van der Waals surface area contributed by atoms with Crippen LogP contribution in [0.5, 0.6) is 11.7 Å². The van der Waals surface area contributed by atoms with Crippen molar-refractivity contribution in [2.45, 2.75) is 0 Å². The fourth-order valence-electron chi connectivity index (χ4n) is 1.26. The maximum atomic E-state index is 13.2. The number of benzene rings is 1. The predicted octanol–water partition coefficient (Wildman–Crippen LogP) is 2.90. The highest BCUT2D eigenvalue weighted by atomic mass is 19.1. The summed E-state index contributed by atoms with van der Waals surface area (Å²) in [5.74, 6) is -0.518. The second-order valence-corrected chi connectivity index (χ2v) is 3.10. The maximum Gasteiger partial charge on any atom is 0.290 e. The molecular weight excluding hydrogens is 225 g/mol. The first kappa shape index (κ1) is 10.9. The zero-order valence-electron chi connectivity index (χ0n) is 8.51. The van der Waals surface area contributed by atoms with Gasteiger partial charge in [-0.3, -0.25) is 4.79 Å². The van der Waals surface area contributed by atoms with Crippen LogP contribution >= 0.6 is 0 Å². The molecule has 0 fully saturated rings. The molecule has 0 aliphatic rings. The summed E-state index contributed by atoms with van der Waals surface area (Å²) in [4.78, 5) is 10.4. The molecule has 1 aromatic heterocycles. The van der Waals surface area contributed by atoms with Gasteiger partial charge in [-0.2, -0.15) is 5.26 Å². The van der Waals surface area contributed by atoms with E-state index in [-0.39, 0.29) is 23.0 Å². The first-order valence-corrected chi connectivity index (χ1v) is 4.66. The van der Waals surface area contributed by atoms with E-state index in [4.69, 9.17) is 14.4 Å². The Bertz CT molecular complexity index is 598. The standard InChI is InChI=1S/C12H6FNO3/c13-10-2-1-3-11(9(10)6-14)17-12-5-4-8(7-15)16-12/h1-5,7H. The number of nitriles is 1. The Morgan fingerprint density at radius 3 is 2.82 bits per heavy atom. The number of ether oxygens (including phenoxy) is 1. The molecule has 0 spiro atoms. The molecule has 1 aromatic carbocycles. The van der Waals surface area contributed by atoms with Gasteiger partial charge in [0.2, 0.25) is 0 Å². The average Bonchev–Trinajstić information content (AvgIpc) is 2.77. The molecule has 1 heterocycles. The second kappa shape index (κ2) is 4.49. The number of carbonyl (C=O) groups is 1. The summed E-state index contributed by atoms with van der Waals surface area (Å²) in [6, 6.07) is 8.52. The lowest BCUT2D eigenvalue weighted by Gasteiger charge is -2.03. The van der Waals surface area contributed by atoms with Crippen LogP contribution in [0.3, 0.4) is 0 Å². The van der Waals surface area contributed by atoms with Gasteiger partial charge in [0, 0.05) is 6.07 Å². The highest BCUT2D eigenvalue weighted by Gasteiger charge is 2.11. The SMILES string of the molecule is N#Cc1c(F)cccc1Oc1ccc(C=O)o1. The van der Waals surface area contributed by atoms with Crippen molar-refractivity contribution in [2.24, 2.45) is 0 Å². The number of hydrogen-bond acceptors (Lipinski definition) is 4. The molecule has 0 radical (unpaired) electrons. The van der Waals surface area contributed by atoms with Crippen molar-refractivity contribution in [3.05, 3.63) is 47.5 Å². The van der Waals surface area contributed by atoms with Gasteiger partial charge in [0.25, 0.3) is 5.95 Å². The number of halogens is 1. The summed E-state index contributed by atoms with van der Waals surface area (Å²) in [6.45, 7) is 0. The van der Waals surface area contributed by atoms with E-state index in [0.29, 0.717) is 6.29 Å². The van der Waals surface area contributed by atoms with E-state index in [1.54, 1.807) is 6.07 Å². The molecule has 5 heteroatoms. The molecule has 0 saturated heterocycles. The molecule has 0 unspecified atom stereocenters. The molecule has 0 bridgehead atoms. The Balaban J connectivity index is 2.33. The minimum absolute atomic E-state index is 0.0224. The molecule has 0 saturated carbocycles. The summed E-state index contributed by atoms with van der Waals surface area (Å²) in [7, 11) is 0. The van der Waals surface area contributed by atoms with Gasteiger partial charge in [-0.1, -0.05) is 6.07 Å². The van der Waals surface area contributed by atoms with E-state index in [1.165, 1.54) is 24.3 Å². The molecule has 2 aromatic rings. The Labute approximate surface area is 95.8 Å². The number of nitrogens with zero attached hydrogens (tertiary/aromatic N) is 1. The first-order chi connectivity index (χ1) is 8.24. The third-order valence-electron chi connectivity index (χ3n) is 2.02. The number of hydrogen-bond donors (Lipinski definition) is 0. The first-order valence-electron chi connectivity index (χ1n) is 4.66. The predicted molar refractivity (Wildman–Crippen MR) is 55.3 cm³/mol. The van der Waals surface area contributed by atoms with E-state index in [2.05, 4.69) is 0 Å². The average molecular weight is 231 g/mol. The van der Waals surface area contributed by atoms with Crippen LogP contribution in [-0.4, -0.2) is 6.29 Å². The molecule has 0 amide bonds. The summed E-state index contributed by atoms with van der Waals surface area (Å²) in [5, 5.41) is 8.77. The third-order valence-corrected chi connectivity index (χ3v) is 2.02. The summed E-state index contributed by atoms with van der Waals surface area (Å²) < 4.78 is 23.4. The van der Waals surface area contributed by atoms with Gasteiger partial charge in [0.15, 0.2) is 17.8 Å². The fraction of sp³-hybridized carbons (Fsp3) is 0. The fourth-order valence-corrected chi connectivity index (χ4v) is 1.26. The van der Waals surface area contributed by atoms with Gasteiger partial charge in [-0.05, 0) is 18.2 Å². The molecular formula is C12H6FNO3. The largest absolute Gasteiger partial charge is 0.424 e. The number of furan rings is 1. The highest BCUT2D eigenvalue weighted by Crippen LogP contribution is 2.27. The Kier molecular flexibility index (Phi) is 2.88. The molecule has 4 nitrogen and oxygen atoms in total. The Morgan fingerprint density at radius 2 is 2.18 bits per heavy atom. The van der Waals surface area contributed by atoms with Crippen LogP contribution in [0.4, 0.5) is 4.39 Å². The van der Waals surface area contributed by atoms with Crippen LogP contribution in [0, 0.1) is 17.1 Å². The lowest BCUT2D eigenvalue weighted by Crippen LogP contribution is -1.90. The van der Waals surface area contributed by atoms with E-state index >= 15 is 0 Å². The number of aldehydes is 1. The van der Waals surface area contributed by atoms with E-state index in [9.17, 15) is 9.18 Å². The van der Waals surface area contributed by atoms with Gasteiger partial charge >= 0.3 is 0 Å². The minimum atomic E-state index is -0.674. The summed E-state index contributed by atoms with van der Waals surface area (Å²) in [5.41, 5.74) is -0.212. The summed E-state index contributed by atoms with van der Waals surface area (Å²) in [6.07, 6.45) is 0.518. The molecule has 0 atom stereocenters. The van der Waals surface area contributed by atoms with Gasteiger partial charge in [-0.15, -0.1) is 0 Å². The van der Waals surface area contributed by atoms with Gasteiger partial charge in [0.05, 0.1) is 0 Å². The summed E-state index contributed by atoms with van der Waals surface area (Å²) >= 11 is 0. The molecule has 0 aliphatic heterocycles. The lowest BCUT2D eigenvalue weighted by molar-refractivity contribution is 0.109. The monoisotopic (exact) mass is 231 g/mol. The van der Waals surface area contributed by atoms with Crippen molar-refractivity contribution in [2.75, 3.05) is 0 Å². The molecule has 0 N–H and O–H groups in total. The highest BCUT2D eigenvalue weighted by molar-refractivity contribution is 5.70. The lowest BCUT2D eigenvalue weighted by atomic mass is 10.2. The maximum absolute atomic E-state index is 13.2. The van der Waals surface area contributed by atoms with Crippen molar-refractivity contribution >= 4 is 6.29 Å². The number of rotatable bonds is 3. The third kappa shape index (κ3) is 2.16. The van der Waals surface area contributed by atoms with Crippen molar-refractivity contribution in [1.29, 1.82) is 5.26 Å². The topological polar surface area (TPSA) is 63.2 Å². The second-order valence-electron chi connectivity index (χ2n) is 3.10. The minimum Gasteiger partial charge on any atom is -0.424 e. The molecule has 84 valence electrons. The van der Waals surface area contributed by atoms with Crippen LogP contribution in [0.25, 0.3) is 0 Å². The van der Waals surface area contributed by atoms with Crippen LogP contribution in [-0.2, 0) is 0 Å². The van der Waals surface area contributed by atoms with Crippen molar-refractivity contribution in [1.82, 2.24) is 0 Å². The zero-order chi connectivity index (χ0) is 12.3. The van der Waals surface area contributed by atoms with Gasteiger partial charge < -0.3 is 9.15 Å². The van der Waals surface area contributed by atoms with Crippen molar-refractivity contribution in [3.8, 4) is 17.8 Å². The van der Waals surface area contributed by atoms with E-state index in [1.807, 2.05) is 0 Å². The Hall–Kier alpha value is -2.61. The molecule has 0 aliphatic carbocycles.